The number of hydrogen-bond acceptors (Lipinski definition) is 4. The van der Waals surface area contributed by atoms with Crippen molar-refractivity contribution in [1.29, 1.82) is 0 Å². The number of nitrogens with zero attached hydrogens (tertiary/aromatic N) is 2. The molecule has 0 fully saturated rings. The molecule has 1 aliphatic rings. The van der Waals surface area contributed by atoms with Gasteiger partial charge in [-0.2, -0.15) is 0 Å². The highest BCUT2D eigenvalue weighted by atomic mass is 32.2. The van der Waals surface area contributed by atoms with Gasteiger partial charge >= 0.3 is 0 Å². The predicted molar refractivity (Wildman–Crippen MR) is 86.5 cm³/mol. The van der Waals surface area contributed by atoms with E-state index in [0.29, 0.717) is 0 Å². The van der Waals surface area contributed by atoms with E-state index in [1.54, 1.807) is 11.2 Å². The fourth-order valence-corrected chi connectivity index (χ4v) is 4.70. The highest BCUT2D eigenvalue weighted by Crippen LogP contribution is 2.35. The molecule has 21 heavy (non-hydrogen) atoms. The molecule has 2 rings (SSSR count). The quantitative estimate of drug-likeness (QED) is 0.854. The maximum absolute atomic E-state index is 12.8. The van der Waals surface area contributed by atoms with Crippen molar-refractivity contribution in [2.45, 2.75) is 32.4 Å². The first kappa shape index (κ1) is 16.1. The molecule has 0 spiro atoms. The predicted octanol–water partition coefficient (Wildman–Crippen LogP) is 2.09. The lowest BCUT2D eigenvalue weighted by molar-refractivity contribution is 0.136. The molecule has 0 N–H and O–H groups in total. The van der Waals surface area contributed by atoms with E-state index in [4.69, 9.17) is 4.74 Å². The lowest BCUT2D eigenvalue weighted by Gasteiger charge is -2.30. The van der Waals surface area contributed by atoms with E-state index in [1.165, 1.54) is 7.11 Å². The Balaban J connectivity index is 2.47. The Kier molecular flexibility index (Phi) is 4.78. The zero-order chi connectivity index (χ0) is 15.6. The molecule has 0 bridgehead atoms. The second kappa shape index (κ2) is 6.23. The SMILES string of the molecule is CO[C@H](C)CS(=O)(=O)N1c2ccccc2N(C)CC[C@@H]1C. The maximum atomic E-state index is 12.8. The summed E-state index contributed by atoms with van der Waals surface area (Å²) in [5, 5.41) is 0. The summed E-state index contributed by atoms with van der Waals surface area (Å²) < 4.78 is 32.3. The van der Waals surface area contributed by atoms with Crippen LogP contribution in [0, 0.1) is 0 Å². The number of anilines is 2. The van der Waals surface area contributed by atoms with Gasteiger partial charge in [-0.3, -0.25) is 4.31 Å². The zero-order valence-corrected chi connectivity index (χ0v) is 13.9. The standard InChI is InChI=1S/C15H24N2O3S/c1-12-9-10-16(3)14-7-5-6-8-15(14)17(12)21(18,19)11-13(2)20-4/h5-8,12-13H,9-11H2,1-4H3/t12-,13+/m0/s1. The number of benzene rings is 1. The summed E-state index contributed by atoms with van der Waals surface area (Å²) in [4.78, 5) is 2.11. The molecule has 118 valence electrons. The number of rotatable bonds is 4. The summed E-state index contributed by atoms with van der Waals surface area (Å²) in [6, 6.07) is 7.60. The molecule has 1 aromatic carbocycles. The van der Waals surface area contributed by atoms with E-state index in [0.717, 1.165) is 24.3 Å². The molecular weight excluding hydrogens is 288 g/mol. The highest BCUT2D eigenvalue weighted by molar-refractivity contribution is 7.92. The topological polar surface area (TPSA) is 49.9 Å². The van der Waals surface area contributed by atoms with Crippen LogP contribution in [0.3, 0.4) is 0 Å². The van der Waals surface area contributed by atoms with Gasteiger partial charge in [-0.15, -0.1) is 0 Å². The van der Waals surface area contributed by atoms with Crippen LogP contribution in [0.25, 0.3) is 0 Å². The molecule has 0 saturated carbocycles. The van der Waals surface area contributed by atoms with Crippen LogP contribution in [0.2, 0.25) is 0 Å². The molecule has 5 nitrogen and oxygen atoms in total. The lowest BCUT2D eigenvalue weighted by atomic mass is 10.2. The Labute approximate surface area is 127 Å². The van der Waals surface area contributed by atoms with E-state index in [2.05, 4.69) is 4.90 Å². The Morgan fingerprint density at radius 1 is 1.33 bits per heavy atom. The van der Waals surface area contributed by atoms with Crippen molar-refractivity contribution < 1.29 is 13.2 Å². The molecule has 1 aromatic rings. The second-order valence-corrected chi connectivity index (χ2v) is 7.56. The first-order valence-electron chi connectivity index (χ1n) is 7.22. The molecule has 1 aliphatic heterocycles. The third-order valence-electron chi connectivity index (χ3n) is 3.96. The fourth-order valence-electron chi connectivity index (χ4n) is 2.70. The van der Waals surface area contributed by atoms with Gasteiger partial charge < -0.3 is 9.64 Å². The van der Waals surface area contributed by atoms with Crippen LogP contribution >= 0.6 is 0 Å². The van der Waals surface area contributed by atoms with Crippen LogP contribution in [-0.2, 0) is 14.8 Å². The van der Waals surface area contributed by atoms with Crippen LogP contribution in [0.1, 0.15) is 20.3 Å². The van der Waals surface area contributed by atoms with Crippen molar-refractivity contribution in [3.05, 3.63) is 24.3 Å². The Bertz CT molecular complexity index is 588. The van der Waals surface area contributed by atoms with Crippen LogP contribution in [0.5, 0.6) is 0 Å². The van der Waals surface area contributed by atoms with Crippen molar-refractivity contribution in [2.24, 2.45) is 0 Å². The summed E-state index contributed by atoms with van der Waals surface area (Å²) in [7, 11) is 0.113. The number of para-hydroxylation sites is 2. The second-order valence-electron chi connectivity index (χ2n) is 5.67. The van der Waals surface area contributed by atoms with Crippen molar-refractivity contribution in [3.63, 3.8) is 0 Å². The fraction of sp³-hybridized carbons (Fsp3) is 0.600. The van der Waals surface area contributed by atoms with Gasteiger partial charge in [0.1, 0.15) is 0 Å². The third-order valence-corrected chi connectivity index (χ3v) is 6.01. The Hall–Kier alpha value is -1.27. The summed E-state index contributed by atoms with van der Waals surface area (Å²) in [5.41, 5.74) is 1.71. The summed E-state index contributed by atoms with van der Waals surface area (Å²) >= 11 is 0. The van der Waals surface area contributed by atoms with Gasteiger partial charge in [-0.25, -0.2) is 8.42 Å². The average Bonchev–Trinajstić information content (AvgIpc) is 2.56. The largest absolute Gasteiger partial charge is 0.381 e. The van der Waals surface area contributed by atoms with E-state index >= 15 is 0 Å². The first-order chi connectivity index (χ1) is 9.86. The molecule has 0 radical (unpaired) electrons. The lowest BCUT2D eigenvalue weighted by Crippen LogP contribution is -2.42. The van der Waals surface area contributed by atoms with Crippen molar-refractivity contribution >= 4 is 21.4 Å². The normalized spacial score (nSPS) is 20.9. The summed E-state index contributed by atoms with van der Waals surface area (Å²) in [6.07, 6.45) is 0.474. The Morgan fingerprint density at radius 2 is 1.95 bits per heavy atom. The van der Waals surface area contributed by atoms with Crippen LogP contribution in [0.15, 0.2) is 24.3 Å². The molecule has 0 saturated heterocycles. The van der Waals surface area contributed by atoms with Gasteiger partial charge in [-0.05, 0) is 32.4 Å². The van der Waals surface area contributed by atoms with E-state index in [1.807, 2.05) is 38.2 Å². The monoisotopic (exact) mass is 312 g/mol. The minimum absolute atomic E-state index is 0.00805. The zero-order valence-electron chi connectivity index (χ0n) is 13.1. The molecule has 0 aliphatic carbocycles. The smallest absolute Gasteiger partial charge is 0.238 e. The third kappa shape index (κ3) is 3.32. The van der Waals surface area contributed by atoms with Crippen LogP contribution in [0.4, 0.5) is 11.4 Å². The minimum atomic E-state index is -3.42. The Morgan fingerprint density at radius 3 is 2.57 bits per heavy atom. The average molecular weight is 312 g/mol. The molecule has 0 aromatic heterocycles. The molecule has 0 unspecified atom stereocenters. The van der Waals surface area contributed by atoms with Gasteiger partial charge in [0, 0.05) is 26.7 Å². The summed E-state index contributed by atoms with van der Waals surface area (Å²) in [6.45, 7) is 4.58. The molecular formula is C15H24N2O3S. The molecule has 6 heteroatoms. The minimum Gasteiger partial charge on any atom is -0.381 e. The van der Waals surface area contributed by atoms with Gasteiger partial charge in [0.15, 0.2) is 0 Å². The summed E-state index contributed by atoms with van der Waals surface area (Å²) in [5.74, 6) is -0.00805. The van der Waals surface area contributed by atoms with E-state index in [9.17, 15) is 8.42 Å². The van der Waals surface area contributed by atoms with Crippen LogP contribution < -0.4 is 9.21 Å². The number of fused-ring (bicyclic) bond motifs is 1. The van der Waals surface area contributed by atoms with Gasteiger partial charge in [0.2, 0.25) is 10.0 Å². The number of methoxy groups -OCH3 is 1. The van der Waals surface area contributed by atoms with Crippen molar-refractivity contribution in [2.75, 3.05) is 35.7 Å². The molecule has 2 atom stereocenters. The van der Waals surface area contributed by atoms with E-state index < -0.39 is 10.0 Å². The molecule has 1 heterocycles. The van der Waals surface area contributed by atoms with Crippen molar-refractivity contribution in [1.82, 2.24) is 0 Å². The van der Waals surface area contributed by atoms with Gasteiger partial charge in [-0.1, -0.05) is 12.1 Å². The van der Waals surface area contributed by atoms with Crippen molar-refractivity contribution in [3.8, 4) is 0 Å². The van der Waals surface area contributed by atoms with Gasteiger partial charge in [0.25, 0.3) is 0 Å². The van der Waals surface area contributed by atoms with E-state index in [-0.39, 0.29) is 17.9 Å². The highest BCUT2D eigenvalue weighted by Gasteiger charge is 2.33. The number of hydrogen-bond donors (Lipinski definition) is 0. The number of sulfonamides is 1. The molecule has 0 amide bonds. The first-order valence-corrected chi connectivity index (χ1v) is 8.83. The number of ether oxygens (including phenoxy) is 1. The van der Waals surface area contributed by atoms with Crippen LogP contribution in [-0.4, -0.2) is 47.0 Å². The maximum Gasteiger partial charge on any atom is 0.238 e. The van der Waals surface area contributed by atoms with Gasteiger partial charge in [0.05, 0.1) is 23.2 Å².